The molecule has 2 aliphatic rings. The molecule has 0 amide bonds. The highest BCUT2D eigenvalue weighted by molar-refractivity contribution is 7.85. The zero-order valence-corrected chi connectivity index (χ0v) is 19.6. The monoisotopic (exact) mass is 485 g/mol. The lowest BCUT2D eigenvalue weighted by Gasteiger charge is -2.21. The predicted molar refractivity (Wildman–Crippen MR) is 126 cm³/mol. The molecule has 12 heteroatoms. The number of aromatic nitrogens is 4. The summed E-state index contributed by atoms with van der Waals surface area (Å²) in [7, 11) is -2.10. The number of nitrogens with two attached hydrogens (primary N) is 1. The van der Waals surface area contributed by atoms with Gasteiger partial charge in [-0.1, -0.05) is 12.1 Å². The molecule has 2 aromatic heterocycles. The second-order valence-corrected chi connectivity index (χ2v) is 10.5. The van der Waals surface area contributed by atoms with Crippen LogP contribution in [0.25, 0.3) is 23.0 Å². The number of nitrogens with zero attached hydrogens (tertiary/aromatic N) is 5. The summed E-state index contributed by atoms with van der Waals surface area (Å²) in [5.74, 6) is 1.66. The molecule has 1 saturated heterocycles. The van der Waals surface area contributed by atoms with Gasteiger partial charge in [-0.3, -0.25) is 4.55 Å². The van der Waals surface area contributed by atoms with Gasteiger partial charge < -0.3 is 20.4 Å². The molecule has 1 aliphatic heterocycles. The maximum absolute atomic E-state index is 11.4. The van der Waals surface area contributed by atoms with Gasteiger partial charge in [0, 0.05) is 25.2 Å². The van der Waals surface area contributed by atoms with Gasteiger partial charge in [0.15, 0.2) is 11.5 Å². The van der Waals surface area contributed by atoms with E-state index in [0.717, 1.165) is 37.1 Å². The Labute approximate surface area is 197 Å². The molecule has 180 valence electrons. The van der Waals surface area contributed by atoms with Crippen molar-refractivity contribution in [3.63, 3.8) is 0 Å². The van der Waals surface area contributed by atoms with E-state index in [-0.39, 0.29) is 29.3 Å². The van der Waals surface area contributed by atoms with Crippen LogP contribution in [0.1, 0.15) is 18.4 Å². The van der Waals surface area contributed by atoms with E-state index in [2.05, 4.69) is 30.4 Å². The Hall–Kier alpha value is -3.09. The van der Waals surface area contributed by atoms with Crippen molar-refractivity contribution in [1.29, 1.82) is 0 Å². The minimum absolute atomic E-state index is 0.0517. The van der Waals surface area contributed by atoms with Crippen molar-refractivity contribution < 1.29 is 17.4 Å². The molecule has 1 aliphatic carbocycles. The largest absolute Gasteiger partial charge is 0.414 e. The first-order valence-corrected chi connectivity index (χ1v) is 12.8. The Balaban J connectivity index is 1.35. The molecule has 3 atom stereocenters. The second-order valence-electron chi connectivity index (χ2n) is 9.02. The molecular formula is C22H27N7O4S. The van der Waals surface area contributed by atoms with Gasteiger partial charge in [0.2, 0.25) is 5.89 Å². The van der Waals surface area contributed by atoms with Gasteiger partial charge in [0.1, 0.15) is 5.82 Å². The third kappa shape index (κ3) is 4.61. The van der Waals surface area contributed by atoms with Gasteiger partial charge in [-0.2, -0.15) is 8.42 Å². The van der Waals surface area contributed by atoms with Crippen molar-refractivity contribution in [2.24, 2.45) is 17.8 Å². The summed E-state index contributed by atoms with van der Waals surface area (Å²) in [6, 6.07) is 7.82. The second kappa shape index (κ2) is 8.93. The van der Waals surface area contributed by atoms with Crippen molar-refractivity contribution in [3.8, 4) is 23.0 Å². The number of nitrogen functional groups attached to an aromatic ring is 1. The van der Waals surface area contributed by atoms with Gasteiger partial charge in [-0.05, 0) is 55.3 Å². The van der Waals surface area contributed by atoms with E-state index >= 15 is 0 Å². The number of hydrogen-bond donors (Lipinski definition) is 3. The van der Waals surface area contributed by atoms with Crippen LogP contribution in [-0.4, -0.2) is 59.0 Å². The summed E-state index contributed by atoms with van der Waals surface area (Å²) in [6.45, 7) is 2.17. The van der Waals surface area contributed by atoms with Gasteiger partial charge in [0.05, 0.1) is 11.9 Å². The Morgan fingerprint density at radius 3 is 2.68 bits per heavy atom. The van der Waals surface area contributed by atoms with E-state index in [4.69, 9.17) is 10.2 Å². The predicted octanol–water partition coefficient (Wildman–Crippen LogP) is 1.85. The lowest BCUT2D eigenvalue weighted by molar-refractivity contribution is 0.390. The Kier molecular flexibility index (Phi) is 5.96. The highest BCUT2D eigenvalue weighted by atomic mass is 32.2. The lowest BCUT2D eigenvalue weighted by atomic mass is 9.94. The summed E-state index contributed by atoms with van der Waals surface area (Å²) in [6.07, 6.45) is 3.34. The van der Waals surface area contributed by atoms with Crippen LogP contribution >= 0.6 is 0 Å². The van der Waals surface area contributed by atoms with Crippen LogP contribution in [0.15, 0.2) is 34.9 Å². The van der Waals surface area contributed by atoms with Crippen LogP contribution in [0, 0.1) is 17.8 Å². The van der Waals surface area contributed by atoms with Crippen molar-refractivity contribution >= 4 is 21.8 Å². The van der Waals surface area contributed by atoms with Crippen LogP contribution in [0.4, 0.5) is 11.6 Å². The van der Waals surface area contributed by atoms with Crippen molar-refractivity contribution in [2.75, 3.05) is 36.5 Å². The highest BCUT2D eigenvalue weighted by Gasteiger charge is 2.44. The third-order valence-electron chi connectivity index (χ3n) is 6.75. The number of nitrogens with one attached hydrogen (secondary N) is 1. The Bertz CT molecular complexity index is 1280. The number of fused-ring (bicyclic) bond motifs is 1. The molecule has 34 heavy (non-hydrogen) atoms. The fourth-order valence-corrected chi connectivity index (χ4v) is 6.10. The molecule has 1 saturated carbocycles. The van der Waals surface area contributed by atoms with Crippen molar-refractivity contribution in [1.82, 2.24) is 25.5 Å². The van der Waals surface area contributed by atoms with Gasteiger partial charge in [0.25, 0.3) is 16.0 Å². The molecule has 1 aromatic carbocycles. The van der Waals surface area contributed by atoms with E-state index in [9.17, 15) is 13.0 Å². The van der Waals surface area contributed by atoms with Gasteiger partial charge in [-0.15, -0.1) is 10.2 Å². The molecule has 3 aromatic rings. The molecule has 2 fully saturated rings. The fourth-order valence-electron chi connectivity index (χ4n) is 5.15. The Morgan fingerprint density at radius 2 is 1.94 bits per heavy atom. The van der Waals surface area contributed by atoms with Crippen LogP contribution in [0.2, 0.25) is 0 Å². The van der Waals surface area contributed by atoms with Crippen LogP contribution in [0.5, 0.6) is 0 Å². The zero-order chi connectivity index (χ0) is 23.9. The summed E-state index contributed by atoms with van der Waals surface area (Å²) in [4.78, 5) is 11.0. The van der Waals surface area contributed by atoms with Crippen LogP contribution in [-0.2, 0) is 16.7 Å². The summed E-state index contributed by atoms with van der Waals surface area (Å²) in [5, 5.41) is 11.4. The van der Waals surface area contributed by atoms with Crippen molar-refractivity contribution in [3.05, 3.63) is 36.0 Å². The first-order chi connectivity index (χ1) is 16.3. The quantitative estimate of drug-likeness (QED) is 0.419. The molecular weight excluding hydrogens is 458 g/mol. The van der Waals surface area contributed by atoms with Crippen LogP contribution < -0.4 is 16.0 Å². The number of hydrogen-bond acceptors (Lipinski definition) is 10. The van der Waals surface area contributed by atoms with E-state index in [1.54, 1.807) is 6.20 Å². The number of benzene rings is 1. The number of rotatable bonds is 7. The summed E-state index contributed by atoms with van der Waals surface area (Å²) >= 11 is 0. The minimum atomic E-state index is -4.00. The molecule has 4 N–H and O–H groups in total. The fraction of sp³-hybridized carbons (Fsp3) is 0.455. The molecule has 0 radical (unpaired) electrons. The average Bonchev–Trinajstić information content (AvgIpc) is 3.52. The average molecular weight is 486 g/mol. The van der Waals surface area contributed by atoms with E-state index in [1.807, 2.05) is 31.3 Å². The summed E-state index contributed by atoms with van der Waals surface area (Å²) < 4.78 is 38.0. The molecule has 1 unspecified atom stereocenters. The molecule has 11 nitrogen and oxygen atoms in total. The molecule has 0 bridgehead atoms. The standard InChI is InChI=1S/C22H27N7O4S/c1-24-8-13-2-4-14(5-3-13)21-27-28-22(33-21)19-20(23)25-9-18(26-19)29-10-15-6-7-16(17(15)11-29)12-34(30,31)32/h2-5,9,15-17,24H,6-8,10-12H2,1H3,(H2,23,25)(H,30,31,32)/t15-,16?,17+/m0/s1. The first kappa shape index (κ1) is 22.7. The topological polar surface area (TPSA) is 160 Å². The third-order valence-corrected chi connectivity index (χ3v) is 7.60. The first-order valence-electron chi connectivity index (χ1n) is 11.2. The van der Waals surface area contributed by atoms with E-state index in [1.165, 1.54) is 0 Å². The van der Waals surface area contributed by atoms with Gasteiger partial charge in [-0.25, -0.2) is 9.97 Å². The molecule has 5 rings (SSSR count). The SMILES string of the molecule is CNCc1ccc(-c2nnc(-c3nc(N4C[C@@H]5CCC(CS(=O)(=O)O)[C@@H]5C4)cnc3N)o2)cc1. The maximum Gasteiger partial charge on any atom is 0.270 e. The maximum atomic E-state index is 11.4. The van der Waals surface area contributed by atoms with Crippen LogP contribution in [0.3, 0.4) is 0 Å². The van der Waals surface area contributed by atoms with Crippen molar-refractivity contribution in [2.45, 2.75) is 19.4 Å². The highest BCUT2D eigenvalue weighted by Crippen LogP contribution is 2.44. The number of anilines is 2. The zero-order valence-electron chi connectivity index (χ0n) is 18.8. The molecule has 0 spiro atoms. The Morgan fingerprint density at radius 1 is 1.18 bits per heavy atom. The molecule has 3 heterocycles. The summed E-state index contributed by atoms with van der Waals surface area (Å²) in [5.41, 5.74) is 8.33. The van der Waals surface area contributed by atoms with Gasteiger partial charge >= 0.3 is 0 Å². The van der Waals surface area contributed by atoms with E-state index in [0.29, 0.717) is 29.9 Å². The smallest absolute Gasteiger partial charge is 0.270 e. The van der Waals surface area contributed by atoms with E-state index < -0.39 is 10.1 Å². The lowest BCUT2D eigenvalue weighted by Crippen LogP contribution is -2.26. The normalized spacial score (nSPS) is 22.3. The minimum Gasteiger partial charge on any atom is -0.414 e.